The number of nitrogens with one attached hydrogen (secondary N) is 2. The predicted molar refractivity (Wildman–Crippen MR) is 182 cm³/mol. The monoisotopic (exact) mass is 657 g/mol. The summed E-state index contributed by atoms with van der Waals surface area (Å²) in [7, 11) is 6.10. The molecule has 3 aromatic heterocycles. The van der Waals surface area contributed by atoms with Crippen LogP contribution in [0.5, 0.6) is 0 Å². The van der Waals surface area contributed by atoms with Crippen LogP contribution in [0.1, 0.15) is 41.4 Å². The van der Waals surface area contributed by atoms with Gasteiger partial charge in [-0.3, -0.25) is 13.9 Å². The van der Waals surface area contributed by atoms with E-state index in [-0.39, 0.29) is 17.0 Å². The van der Waals surface area contributed by atoms with Gasteiger partial charge in [0.05, 0.1) is 57.9 Å². The van der Waals surface area contributed by atoms with Crippen molar-refractivity contribution in [3.8, 4) is 22.4 Å². The molecule has 0 spiro atoms. The van der Waals surface area contributed by atoms with E-state index >= 15 is 8.78 Å². The van der Waals surface area contributed by atoms with Crippen LogP contribution < -0.4 is 10.6 Å². The van der Waals surface area contributed by atoms with Crippen LogP contribution in [0.3, 0.4) is 0 Å². The van der Waals surface area contributed by atoms with Crippen LogP contribution >= 0.6 is 0 Å². The molecule has 0 radical (unpaired) electrons. The van der Waals surface area contributed by atoms with E-state index in [1.165, 1.54) is 6.20 Å². The third kappa shape index (κ3) is 6.81. The number of imidazole rings is 1. The molecule has 0 bridgehead atoms. The Morgan fingerprint density at radius 1 is 1.06 bits per heavy atom. The number of carbonyl (C=O) groups excluding carboxylic acids is 1. The fourth-order valence-corrected chi connectivity index (χ4v) is 6.42. The Morgan fingerprint density at radius 2 is 1.81 bits per heavy atom. The highest BCUT2D eigenvalue weighted by atomic mass is 19.2. The lowest BCUT2D eigenvalue weighted by Gasteiger charge is -2.37. The molecule has 0 atom stereocenters. The standard InChI is InChI=1S/C36H42F2N8O2/c1-6-25-19-26(7-8-27(25)36(47)41-20-24-11-16-46(3,4)17-12-24)42-34-35-40-21-31(45(35)14-13-39-34)29-10-9-28(32(37)33(29)38)30-22-44(15-18-48-5)43-23(30)2/h7-10,13-14,19,21-22,24H,6,11-12,15-18,20H2,1-5H3,(H-,39,41,42,47)/p+1. The summed E-state index contributed by atoms with van der Waals surface area (Å²) in [5, 5.41) is 10.9. The summed E-state index contributed by atoms with van der Waals surface area (Å²) < 4.78 is 40.7. The lowest BCUT2D eigenvalue weighted by atomic mass is 9.95. The first kappa shape index (κ1) is 33.2. The van der Waals surface area contributed by atoms with Gasteiger partial charge in [0.15, 0.2) is 23.1 Å². The highest BCUT2D eigenvalue weighted by Crippen LogP contribution is 2.34. The van der Waals surface area contributed by atoms with Crippen molar-refractivity contribution < 1.29 is 22.8 Å². The van der Waals surface area contributed by atoms with E-state index in [1.54, 1.807) is 53.8 Å². The average molecular weight is 658 g/mol. The molecule has 1 amide bonds. The fourth-order valence-electron chi connectivity index (χ4n) is 6.42. The number of likely N-dealkylation sites (tertiary alicyclic amines) is 1. The molecule has 2 N–H and O–H groups in total. The number of fused-ring (bicyclic) bond motifs is 1. The lowest BCUT2D eigenvalue weighted by Crippen LogP contribution is -2.47. The van der Waals surface area contributed by atoms with E-state index < -0.39 is 11.6 Å². The lowest BCUT2D eigenvalue weighted by molar-refractivity contribution is -0.896. The summed E-state index contributed by atoms with van der Waals surface area (Å²) in [5.41, 5.74) is 4.45. The van der Waals surface area contributed by atoms with Crippen molar-refractivity contribution in [2.24, 2.45) is 5.92 Å². The number of benzene rings is 2. The Hall–Kier alpha value is -4.68. The second kappa shape index (κ2) is 13.8. The fraction of sp³-hybridized carbons (Fsp3) is 0.389. The molecule has 10 nitrogen and oxygen atoms in total. The van der Waals surface area contributed by atoms with Gasteiger partial charge in [0.1, 0.15) is 0 Å². The Morgan fingerprint density at radius 3 is 2.56 bits per heavy atom. The number of carbonyl (C=O) groups is 1. The average Bonchev–Trinajstić information content (AvgIpc) is 3.68. The number of methoxy groups -OCH3 is 1. The number of ether oxygens (including phenoxy) is 1. The molecule has 0 aliphatic carbocycles. The predicted octanol–water partition coefficient (Wildman–Crippen LogP) is 6.02. The molecule has 48 heavy (non-hydrogen) atoms. The zero-order valence-electron chi connectivity index (χ0n) is 28.2. The molecule has 4 heterocycles. The molecular weight excluding hydrogens is 614 g/mol. The van der Waals surface area contributed by atoms with Crippen LogP contribution in [0, 0.1) is 24.5 Å². The van der Waals surface area contributed by atoms with Crippen LogP contribution in [0.25, 0.3) is 28.0 Å². The Kier molecular flexibility index (Phi) is 9.56. The van der Waals surface area contributed by atoms with E-state index in [4.69, 9.17) is 4.74 Å². The number of nitrogens with zero attached hydrogens (tertiary/aromatic N) is 6. The van der Waals surface area contributed by atoms with E-state index in [1.807, 2.05) is 25.1 Å². The van der Waals surface area contributed by atoms with Gasteiger partial charge in [-0.25, -0.2) is 18.7 Å². The molecule has 12 heteroatoms. The van der Waals surface area contributed by atoms with E-state index in [2.05, 4.69) is 39.8 Å². The molecule has 0 saturated carbocycles. The molecule has 252 valence electrons. The summed E-state index contributed by atoms with van der Waals surface area (Å²) in [5.74, 6) is -1.05. The van der Waals surface area contributed by atoms with Gasteiger partial charge >= 0.3 is 0 Å². The van der Waals surface area contributed by atoms with Gasteiger partial charge in [0.2, 0.25) is 0 Å². The van der Waals surface area contributed by atoms with Crippen molar-refractivity contribution >= 4 is 23.1 Å². The molecule has 2 aromatic carbocycles. The third-order valence-corrected chi connectivity index (χ3v) is 9.38. The summed E-state index contributed by atoms with van der Waals surface area (Å²) in [6.45, 7) is 7.68. The van der Waals surface area contributed by atoms with Gasteiger partial charge in [-0.05, 0) is 49.1 Å². The largest absolute Gasteiger partial charge is 0.383 e. The number of aryl methyl sites for hydroxylation is 2. The summed E-state index contributed by atoms with van der Waals surface area (Å²) in [6.07, 6.45) is 9.34. The molecule has 1 aliphatic heterocycles. The van der Waals surface area contributed by atoms with Gasteiger partial charge in [-0.1, -0.05) is 13.0 Å². The van der Waals surface area contributed by atoms with E-state index in [9.17, 15) is 4.79 Å². The molecule has 0 unspecified atom stereocenters. The SMILES string of the molecule is CCc1cc(Nc2nccn3c(-c4ccc(-c5cn(CCOC)nc5C)c(F)c4F)cnc23)ccc1C(=O)NCC1CC[N+](C)(C)CC1. The van der Waals surface area contributed by atoms with Crippen molar-refractivity contribution in [2.45, 2.75) is 39.7 Å². The quantitative estimate of drug-likeness (QED) is 0.169. The highest BCUT2D eigenvalue weighted by molar-refractivity contribution is 5.96. The van der Waals surface area contributed by atoms with Gasteiger partial charge in [-0.15, -0.1) is 0 Å². The van der Waals surface area contributed by atoms with Crippen LogP contribution in [0.15, 0.2) is 55.1 Å². The van der Waals surface area contributed by atoms with Crippen molar-refractivity contribution in [2.75, 3.05) is 52.8 Å². The molecule has 6 rings (SSSR count). The van der Waals surface area contributed by atoms with Crippen molar-refractivity contribution in [1.82, 2.24) is 29.5 Å². The maximum Gasteiger partial charge on any atom is 0.251 e. The molecule has 1 aliphatic rings. The number of piperidine rings is 1. The van der Waals surface area contributed by atoms with Gasteiger partial charge in [-0.2, -0.15) is 5.10 Å². The molecule has 5 aromatic rings. The number of amides is 1. The zero-order chi connectivity index (χ0) is 34.0. The Balaban J connectivity index is 1.20. The molecule has 1 saturated heterocycles. The summed E-state index contributed by atoms with van der Waals surface area (Å²) >= 11 is 0. The van der Waals surface area contributed by atoms with Gasteiger partial charge in [0.25, 0.3) is 5.91 Å². The number of hydrogen-bond donors (Lipinski definition) is 2. The molecular formula is C36H43F2N8O2+. The number of rotatable bonds is 11. The first-order chi connectivity index (χ1) is 23.1. The van der Waals surface area contributed by atoms with Crippen molar-refractivity contribution in [1.29, 1.82) is 0 Å². The van der Waals surface area contributed by atoms with Crippen LogP contribution in [0.2, 0.25) is 0 Å². The van der Waals surface area contributed by atoms with Crippen molar-refractivity contribution in [3.05, 3.63) is 83.6 Å². The topological polar surface area (TPSA) is 98.4 Å². The minimum Gasteiger partial charge on any atom is -0.383 e. The van der Waals surface area contributed by atoms with Gasteiger partial charge in [0, 0.05) is 73.0 Å². The Bertz CT molecular complexity index is 1940. The highest BCUT2D eigenvalue weighted by Gasteiger charge is 2.27. The van der Waals surface area contributed by atoms with E-state index in [0.717, 1.165) is 41.7 Å². The first-order valence-electron chi connectivity index (χ1n) is 16.4. The summed E-state index contributed by atoms with van der Waals surface area (Å²) in [4.78, 5) is 22.2. The van der Waals surface area contributed by atoms with Gasteiger partial charge < -0.3 is 19.9 Å². The second-order valence-corrected chi connectivity index (χ2v) is 13.2. The van der Waals surface area contributed by atoms with Crippen molar-refractivity contribution in [3.63, 3.8) is 0 Å². The number of quaternary nitrogens is 1. The maximum atomic E-state index is 15.7. The first-order valence-corrected chi connectivity index (χ1v) is 16.4. The third-order valence-electron chi connectivity index (χ3n) is 9.38. The minimum absolute atomic E-state index is 0.0637. The molecule has 1 fully saturated rings. The second-order valence-electron chi connectivity index (χ2n) is 13.2. The number of hydrogen-bond acceptors (Lipinski definition) is 6. The summed E-state index contributed by atoms with van der Waals surface area (Å²) in [6, 6.07) is 8.74. The maximum absolute atomic E-state index is 15.7. The zero-order valence-corrected chi connectivity index (χ0v) is 28.2. The van der Waals surface area contributed by atoms with E-state index in [0.29, 0.717) is 66.0 Å². The number of halogens is 2. The Labute approximate surface area is 279 Å². The smallest absolute Gasteiger partial charge is 0.251 e. The number of anilines is 2. The number of aromatic nitrogens is 5. The van der Waals surface area contributed by atoms with Crippen LogP contribution in [0.4, 0.5) is 20.3 Å². The minimum atomic E-state index is -0.974. The van der Waals surface area contributed by atoms with Crippen LogP contribution in [-0.2, 0) is 17.7 Å². The van der Waals surface area contributed by atoms with Crippen LogP contribution in [-0.4, -0.2) is 82.0 Å². The normalized spacial score (nSPS) is 14.8.